The van der Waals surface area contributed by atoms with E-state index in [0.717, 1.165) is 6.42 Å². The summed E-state index contributed by atoms with van der Waals surface area (Å²) in [6.45, 7) is 1.02. The fourth-order valence-electron chi connectivity index (χ4n) is 3.08. The van der Waals surface area contributed by atoms with Gasteiger partial charge in [0.15, 0.2) is 0 Å². The van der Waals surface area contributed by atoms with E-state index >= 15 is 0 Å². The standard InChI is InChI=1S/C19H16ClNO3S2/c20-17-6-5-16(26-17)19(23)21-9-7-12-8-10-25-18(12)15(21)11-24-14-3-1-13(22)2-4-14/h1-6,8,10,15,22H,7,9,11H2. The summed E-state index contributed by atoms with van der Waals surface area (Å²) in [5, 5.41) is 11.5. The van der Waals surface area contributed by atoms with E-state index in [2.05, 4.69) is 11.4 Å². The molecule has 0 spiro atoms. The van der Waals surface area contributed by atoms with Crippen LogP contribution in [0.15, 0.2) is 47.8 Å². The molecule has 4 rings (SSSR count). The maximum Gasteiger partial charge on any atom is 0.264 e. The van der Waals surface area contributed by atoms with Crippen molar-refractivity contribution >= 4 is 40.2 Å². The predicted molar refractivity (Wildman–Crippen MR) is 105 cm³/mol. The van der Waals surface area contributed by atoms with Crippen LogP contribution in [0, 0.1) is 0 Å². The summed E-state index contributed by atoms with van der Waals surface area (Å²) in [5.41, 5.74) is 1.28. The van der Waals surface area contributed by atoms with Crippen molar-refractivity contribution in [3.05, 3.63) is 67.5 Å². The van der Waals surface area contributed by atoms with Crippen molar-refractivity contribution < 1.29 is 14.6 Å². The van der Waals surface area contributed by atoms with Gasteiger partial charge in [0.1, 0.15) is 24.1 Å². The lowest BCUT2D eigenvalue weighted by molar-refractivity contribution is 0.0601. The van der Waals surface area contributed by atoms with Gasteiger partial charge >= 0.3 is 0 Å². The zero-order chi connectivity index (χ0) is 18.1. The topological polar surface area (TPSA) is 49.8 Å². The van der Waals surface area contributed by atoms with Gasteiger partial charge < -0.3 is 14.7 Å². The van der Waals surface area contributed by atoms with E-state index in [0.29, 0.717) is 28.1 Å². The molecule has 0 saturated carbocycles. The number of amides is 1. The molecule has 7 heteroatoms. The van der Waals surface area contributed by atoms with Crippen molar-refractivity contribution in [1.82, 2.24) is 4.90 Å². The molecular formula is C19H16ClNO3S2. The molecule has 0 radical (unpaired) electrons. The van der Waals surface area contributed by atoms with Crippen LogP contribution >= 0.6 is 34.3 Å². The number of carbonyl (C=O) groups excluding carboxylic acids is 1. The first-order chi connectivity index (χ1) is 12.6. The molecule has 26 heavy (non-hydrogen) atoms. The van der Waals surface area contributed by atoms with E-state index < -0.39 is 0 Å². The van der Waals surface area contributed by atoms with Crippen LogP contribution in [-0.2, 0) is 6.42 Å². The van der Waals surface area contributed by atoms with Crippen molar-refractivity contribution in [1.29, 1.82) is 0 Å². The van der Waals surface area contributed by atoms with Gasteiger partial charge in [0, 0.05) is 11.4 Å². The molecule has 1 atom stereocenters. The van der Waals surface area contributed by atoms with Crippen LogP contribution in [-0.4, -0.2) is 29.1 Å². The minimum atomic E-state index is -0.138. The molecule has 0 bridgehead atoms. The number of ether oxygens (including phenoxy) is 1. The van der Waals surface area contributed by atoms with E-state index in [9.17, 15) is 9.90 Å². The molecule has 2 aromatic heterocycles. The molecule has 1 aliphatic rings. The van der Waals surface area contributed by atoms with Crippen LogP contribution < -0.4 is 4.74 Å². The first-order valence-corrected chi connectivity index (χ1v) is 10.2. The second-order valence-electron chi connectivity index (χ2n) is 5.98. The number of phenolic OH excluding ortho intramolecular Hbond substituents is 1. The second-order valence-corrected chi connectivity index (χ2v) is 8.65. The van der Waals surface area contributed by atoms with Crippen molar-refractivity contribution in [3.63, 3.8) is 0 Å². The highest BCUT2D eigenvalue weighted by molar-refractivity contribution is 7.18. The van der Waals surface area contributed by atoms with E-state index in [1.165, 1.54) is 21.8 Å². The quantitative estimate of drug-likeness (QED) is 0.665. The Bertz CT molecular complexity index is 919. The average molecular weight is 406 g/mol. The lowest BCUT2D eigenvalue weighted by atomic mass is 10.0. The monoisotopic (exact) mass is 405 g/mol. The maximum absolute atomic E-state index is 13.0. The van der Waals surface area contributed by atoms with Gasteiger partial charge in [0.2, 0.25) is 0 Å². The van der Waals surface area contributed by atoms with E-state index in [4.69, 9.17) is 16.3 Å². The molecule has 4 nitrogen and oxygen atoms in total. The van der Waals surface area contributed by atoms with Crippen LogP contribution in [0.4, 0.5) is 0 Å². The predicted octanol–water partition coefficient (Wildman–Crippen LogP) is 4.99. The Balaban J connectivity index is 1.58. The molecule has 1 aromatic carbocycles. The van der Waals surface area contributed by atoms with Gasteiger partial charge in [-0.1, -0.05) is 11.6 Å². The number of phenols is 1. The third-order valence-electron chi connectivity index (χ3n) is 4.37. The number of benzene rings is 1. The minimum absolute atomic E-state index is 0.0137. The first kappa shape index (κ1) is 17.4. The summed E-state index contributed by atoms with van der Waals surface area (Å²) in [6, 6.07) is 12.1. The van der Waals surface area contributed by atoms with Gasteiger partial charge in [-0.3, -0.25) is 4.79 Å². The normalized spacial score (nSPS) is 16.3. The third-order valence-corrected chi connectivity index (χ3v) is 6.65. The summed E-state index contributed by atoms with van der Waals surface area (Å²) >= 11 is 8.96. The summed E-state index contributed by atoms with van der Waals surface area (Å²) in [7, 11) is 0. The zero-order valence-corrected chi connectivity index (χ0v) is 16.1. The first-order valence-electron chi connectivity index (χ1n) is 8.16. The summed E-state index contributed by atoms with van der Waals surface area (Å²) < 4.78 is 6.54. The summed E-state index contributed by atoms with van der Waals surface area (Å²) in [5.74, 6) is 0.847. The number of carbonyl (C=O) groups is 1. The second kappa shape index (κ2) is 7.31. The summed E-state index contributed by atoms with van der Waals surface area (Å²) in [4.78, 5) is 16.7. The molecule has 3 heterocycles. The smallest absolute Gasteiger partial charge is 0.264 e. The lowest BCUT2D eigenvalue weighted by Crippen LogP contribution is -2.41. The molecular weight excluding hydrogens is 390 g/mol. The average Bonchev–Trinajstić information content (AvgIpc) is 3.29. The molecule has 1 unspecified atom stereocenters. The van der Waals surface area contributed by atoms with Crippen LogP contribution in [0.3, 0.4) is 0 Å². The van der Waals surface area contributed by atoms with Crippen molar-refractivity contribution in [2.24, 2.45) is 0 Å². The lowest BCUT2D eigenvalue weighted by Gasteiger charge is -2.35. The van der Waals surface area contributed by atoms with Crippen LogP contribution in [0.5, 0.6) is 11.5 Å². The molecule has 1 N–H and O–H groups in total. The molecule has 0 fully saturated rings. The summed E-state index contributed by atoms with van der Waals surface area (Å²) in [6.07, 6.45) is 0.847. The fourth-order valence-corrected chi connectivity index (χ4v) is 5.13. The largest absolute Gasteiger partial charge is 0.508 e. The molecule has 1 amide bonds. The molecule has 1 aliphatic heterocycles. The highest BCUT2D eigenvalue weighted by Crippen LogP contribution is 2.36. The van der Waals surface area contributed by atoms with E-state index in [-0.39, 0.29) is 17.7 Å². The number of thiophene rings is 2. The Morgan fingerprint density at radius 3 is 2.77 bits per heavy atom. The Morgan fingerprint density at radius 2 is 2.04 bits per heavy atom. The van der Waals surface area contributed by atoms with E-state index in [1.807, 2.05) is 4.90 Å². The SMILES string of the molecule is O=C(c1ccc(Cl)s1)N1CCc2ccsc2C1COc1ccc(O)cc1. The Morgan fingerprint density at radius 1 is 1.23 bits per heavy atom. The van der Waals surface area contributed by atoms with Crippen LogP contribution in [0.2, 0.25) is 4.34 Å². The highest BCUT2D eigenvalue weighted by Gasteiger charge is 2.33. The maximum atomic E-state index is 13.0. The number of hydrogen-bond donors (Lipinski definition) is 1. The fraction of sp³-hybridized carbons (Fsp3) is 0.211. The Kier molecular flexibility index (Phi) is 4.89. The Hall–Kier alpha value is -2.02. The number of halogens is 1. The van der Waals surface area contributed by atoms with E-state index in [1.54, 1.807) is 47.7 Å². The van der Waals surface area contributed by atoms with Gasteiger partial charge in [-0.25, -0.2) is 0 Å². The highest BCUT2D eigenvalue weighted by atomic mass is 35.5. The van der Waals surface area contributed by atoms with Gasteiger partial charge in [-0.15, -0.1) is 22.7 Å². The number of nitrogens with zero attached hydrogens (tertiary/aromatic N) is 1. The number of rotatable bonds is 4. The van der Waals surface area contributed by atoms with Crippen molar-refractivity contribution in [2.75, 3.05) is 13.2 Å². The third kappa shape index (κ3) is 3.45. The molecule has 3 aromatic rings. The van der Waals surface area contributed by atoms with Gasteiger partial charge in [-0.2, -0.15) is 0 Å². The number of hydrogen-bond acceptors (Lipinski definition) is 5. The van der Waals surface area contributed by atoms with Crippen molar-refractivity contribution in [3.8, 4) is 11.5 Å². The van der Waals surface area contributed by atoms with Gasteiger partial charge in [0.25, 0.3) is 5.91 Å². The molecule has 134 valence electrons. The Labute approximate surface area is 164 Å². The molecule has 0 saturated heterocycles. The van der Waals surface area contributed by atoms with Crippen LogP contribution in [0.25, 0.3) is 0 Å². The van der Waals surface area contributed by atoms with Gasteiger partial charge in [-0.05, 0) is 59.8 Å². The number of fused-ring (bicyclic) bond motifs is 1. The van der Waals surface area contributed by atoms with Gasteiger partial charge in [0.05, 0.1) is 9.21 Å². The molecule has 0 aliphatic carbocycles. The number of aromatic hydroxyl groups is 1. The minimum Gasteiger partial charge on any atom is -0.508 e. The zero-order valence-electron chi connectivity index (χ0n) is 13.7. The van der Waals surface area contributed by atoms with Crippen molar-refractivity contribution in [2.45, 2.75) is 12.5 Å². The van der Waals surface area contributed by atoms with Crippen LogP contribution in [0.1, 0.15) is 26.2 Å².